The van der Waals surface area contributed by atoms with Crippen LogP contribution < -0.4 is 10.6 Å². The fourth-order valence-corrected chi connectivity index (χ4v) is 3.08. The first-order valence-electron chi connectivity index (χ1n) is 5.05. The van der Waals surface area contributed by atoms with Gasteiger partial charge in [-0.2, -0.15) is 0 Å². The summed E-state index contributed by atoms with van der Waals surface area (Å²) in [6.45, 7) is 0. The molecule has 3 rings (SSSR count). The average molecular weight is 281 g/mol. The van der Waals surface area contributed by atoms with Gasteiger partial charge in [0.1, 0.15) is 5.54 Å². The molecule has 1 saturated heterocycles. The highest BCUT2D eigenvalue weighted by Crippen LogP contribution is 2.41. The van der Waals surface area contributed by atoms with Crippen molar-refractivity contribution >= 4 is 27.9 Å². The number of imide groups is 1. The van der Waals surface area contributed by atoms with Gasteiger partial charge in [0, 0.05) is 4.47 Å². The summed E-state index contributed by atoms with van der Waals surface area (Å²) in [5, 5.41) is 5.05. The number of carbonyl (C=O) groups excluding carboxylic acids is 2. The van der Waals surface area contributed by atoms with E-state index in [0.717, 1.165) is 22.0 Å². The Balaban J connectivity index is 2.19. The Kier molecular flexibility index (Phi) is 1.89. The molecule has 82 valence electrons. The minimum absolute atomic E-state index is 0.241. The quantitative estimate of drug-likeness (QED) is 0.707. The van der Waals surface area contributed by atoms with Gasteiger partial charge in [-0.25, -0.2) is 4.79 Å². The maximum absolute atomic E-state index is 11.9. The van der Waals surface area contributed by atoms with E-state index in [1.54, 1.807) is 0 Å². The van der Waals surface area contributed by atoms with Gasteiger partial charge in [0.15, 0.2) is 0 Å². The van der Waals surface area contributed by atoms with Gasteiger partial charge in [-0.1, -0.05) is 28.1 Å². The predicted molar refractivity (Wildman–Crippen MR) is 60.8 cm³/mol. The second-order valence-electron chi connectivity index (χ2n) is 4.08. The number of hydrogen-bond acceptors (Lipinski definition) is 2. The Bertz CT molecular complexity index is 515. The Hall–Kier alpha value is -1.36. The normalized spacial score (nSPS) is 26.8. The average Bonchev–Trinajstić information content (AvgIpc) is 2.72. The van der Waals surface area contributed by atoms with Gasteiger partial charge >= 0.3 is 6.03 Å². The minimum Gasteiger partial charge on any atom is -0.319 e. The van der Waals surface area contributed by atoms with Crippen LogP contribution in [-0.4, -0.2) is 11.9 Å². The molecule has 1 heterocycles. The molecule has 0 aromatic heterocycles. The molecule has 3 amide bonds. The Labute approximate surface area is 101 Å². The summed E-state index contributed by atoms with van der Waals surface area (Å²) in [6, 6.07) is 5.33. The lowest BCUT2D eigenvalue weighted by molar-refractivity contribution is -0.124. The third kappa shape index (κ3) is 1.09. The van der Waals surface area contributed by atoms with Gasteiger partial charge in [-0.05, 0) is 30.0 Å². The van der Waals surface area contributed by atoms with Crippen LogP contribution in [0.1, 0.15) is 17.5 Å². The summed E-state index contributed by atoms with van der Waals surface area (Å²) in [7, 11) is 0. The van der Waals surface area contributed by atoms with Crippen molar-refractivity contribution in [1.82, 2.24) is 10.6 Å². The molecule has 1 aromatic carbocycles. The summed E-state index contributed by atoms with van der Waals surface area (Å²) in [5.74, 6) is -0.241. The summed E-state index contributed by atoms with van der Waals surface area (Å²) in [6.07, 6.45) is 1.42. The van der Waals surface area contributed by atoms with Gasteiger partial charge in [-0.15, -0.1) is 0 Å². The number of carbonyl (C=O) groups is 2. The van der Waals surface area contributed by atoms with E-state index in [9.17, 15) is 9.59 Å². The van der Waals surface area contributed by atoms with E-state index < -0.39 is 11.6 Å². The SMILES string of the molecule is O=C1NC(=O)[C@@]2(CCc3c(Br)cccc32)N1. The van der Waals surface area contributed by atoms with Crippen LogP contribution in [-0.2, 0) is 16.8 Å². The zero-order valence-electron chi connectivity index (χ0n) is 8.34. The third-order valence-corrected chi connectivity index (χ3v) is 4.01. The summed E-state index contributed by atoms with van der Waals surface area (Å²) < 4.78 is 0.996. The van der Waals surface area contributed by atoms with Crippen LogP contribution in [0.2, 0.25) is 0 Å². The van der Waals surface area contributed by atoms with Gasteiger partial charge in [0.05, 0.1) is 0 Å². The summed E-state index contributed by atoms with van der Waals surface area (Å²) >= 11 is 3.47. The van der Waals surface area contributed by atoms with Gasteiger partial charge in [0.2, 0.25) is 0 Å². The van der Waals surface area contributed by atoms with Gasteiger partial charge in [0.25, 0.3) is 5.91 Å². The van der Waals surface area contributed by atoms with Crippen LogP contribution in [0.5, 0.6) is 0 Å². The first-order chi connectivity index (χ1) is 7.63. The van der Waals surface area contributed by atoms with Crippen LogP contribution in [0.3, 0.4) is 0 Å². The number of hydrogen-bond donors (Lipinski definition) is 2. The highest BCUT2D eigenvalue weighted by molar-refractivity contribution is 9.10. The maximum Gasteiger partial charge on any atom is 0.322 e. The van der Waals surface area contributed by atoms with E-state index in [0.29, 0.717) is 6.42 Å². The van der Waals surface area contributed by atoms with Crippen molar-refractivity contribution in [3.63, 3.8) is 0 Å². The fraction of sp³-hybridized carbons (Fsp3) is 0.273. The minimum atomic E-state index is -0.837. The van der Waals surface area contributed by atoms with E-state index in [2.05, 4.69) is 26.6 Å². The summed E-state index contributed by atoms with van der Waals surface area (Å²) in [4.78, 5) is 23.1. The van der Waals surface area contributed by atoms with E-state index >= 15 is 0 Å². The predicted octanol–water partition coefficient (Wildman–Crippen LogP) is 1.43. The van der Waals surface area contributed by atoms with Crippen LogP contribution in [0, 0.1) is 0 Å². The number of fused-ring (bicyclic) bond motifs is 2. The molecule has 0 saturated carbocycles. The van der Waals surface area contributed by atoms with Crippen molar-refractivity contribution in [2.45, 2.75) is 18.4 Å². The third-order valence-electron chi connectivity index (χ3n) is 3.27. The molecule has 0 radical (unpaired) electrons. The standard InChI is InChI=1S/C11H9BrN2O2/c12-8-3-1-2-7-6(8)4-5-11(7)9(15)13-10(16)14-11/h1-3H,4-5H2,(H2,13,14,15,16)/t11-/m0/s1. The Morgan fingerprint density at radius 1 is 1.31 bits per heavy atom. The number of amides is 3. The molecule has 2 N–H and O–H groups in total. The highest BCUT2D eigenvalue weighted by Gasteiger charge is 2.51. The number of rotatable bonds is 0. The smallest absolute Gasteiger partial charge is 0.319 e. The monoisotopic (exact) mass is 280 g/mol. The van der Waals surface area contributed by atoms with Crippen LogP contribution >= 0.6 is 15.9 Å². The van der Waals surface area contributed by atoms with Gasteiger partial charge in [-0.3, -0.25) is 10.1 Å². The molecule has 1 spiro atoms. The zero-order chi connectivity index (χ0) is 11.3. The highest BCUT2D eigenvalue weighted by atomic mass is 79.9. The first-order valence-corrected chi connectivity index (χ1v) is 5.84. The van der Waals surface area contributed by atoms with E-state index in [1.807, 2.05) is 18.2 Å². The lowest BCUT2D eigenvalue weighted by Crippen LogP contribution is -2.41. The molecular weight excluding hydrogens is 272 g/mol. The summed E-state index contributed by atoms with van der Waals surface area (Å²) in [5.41, 5.74) is 1.18. The number of halogens is 1. The number of nitrogens with one attached hydrogen (secondary N) is 2. The van der Waals surface area contributed by atoms with Crippen molar-refractivity contribution < 1.29 is 9.59 Å². The van der Waals surface area contributed by atoms with Crippen molar-refractivity contribution in [2.24, 2.45) is 0 Å². The largest absolute Gasteiger partial charge is 0.322 e. The Morgan fingerprint density at radius 3 is 2.81 bits per heavy atom. The molecule has 1 aromatic rings. The van der Waals surface area contributed by atoms with E-state index in [4.69, 9.17) is 0 Å². The van der Waals surface area contributed by atoms with Crippen molar-refractivity contribution in [1.29, 1.82) is 0 Å². The lowest BCUT2D eigenvalue weighted by atomic mass is 9.92. The first kappa shape index (κ1) is 9.84. The molecule has 4 nitrogen and oxygen atoms in total. The molecule has 0 unspecified atom stereocenters. The maximum atomic E-state index is 11.9. The van der Waals surface area contributed by atoms with Crippen molar-refractivity contribution in [3.8, 4) is 0 Å². The van der Waals surface area contributed by atoms with Crippen LogP contribution in [0.25, 0.3) is 0 Å². The van der Waals surface area contributed by atoms with Crippen LogP contribution in [0.15, 0.2) is 22.7 Å². The fourth-order valence-electron chi connectivity index (χ4n) is 2.52. The van der Waals surface area contributed by atoms with Gasteiger partial charge < -0.3 is 5.32 Å². The van der Waals surface area contributed by atoms with E-state index in [-0.39, 0.29) is 5.91 Å². The number of urea groups is 1. The molecule has 1 atom stereocenters. The molecule has 2 aliphatic rings. The Morgan fingerprint density at radius 2 is 2.12 bits per heavy atom. The number of benzene rings is 1. The lowest BCUT2D eigenvalue weighted by Gasteiger charge is -2.20. The molecular formula is C11H9BrN2O2. The topological polar surface area (TPSA) is 58.2 Å². The molecule has 0 bridgehead atoms. The molecule has 16 heavy (non-hydrogen) atoms. The van der Waals surface area contributed by atoms with E-state index in [1.165, 1.54) is 0 Å². The van der Waals surface area contributed by atoms with Crippen LogP contribution in [0.4, 0.5) is 4.79 Å². The second kappa shape index (κ2) is 3.07. The molecule has 1 aliphatic heterocycles. The second-order valence-corrected chi connectivity index (χ2v) is 4.93. The van der Waals surface area contributed by atoms with Crippen molar-refractivity contribution in [2.75, 3.05) is 0 Å². The zero-order valence-corrected chi connectivity index (χ0v) is 9.93. The van der Waals surface area contributed by atoms with Crippen molar-refractivity contribution in [3.05, 3.63) is 33.8 Å². The molecule has 1 aliphatic carbocycles. The molecule has 1 fully saturated rings. The molecule has 5 heteroatoms.